The largest absolute Gasteiger partial charge is 0.335 e. The molecule has 0 aromatic rings. The summed E-state index contributed by atoms with van der Waals surface area (Å²) in [4.78, 5) is 0. The Labute approximate surface area is 95.4 Å². The average Bonchev–Trinajstić information content (AvgIpc) is 2.17. The summed E-state index contributed by atoms with van der Waals surface area (Å²) in [5, 5.41) is 2.55. The molecule has 3 nitrogen and oxygen atoms in total. The third-order valence-electron chi connectivity index (χ3n) is 2.59. The normalized spacial score (nSPS) is 22.6. The van der Waals surface area contributed by atoms with Gasteiger partial charge in [-0.15, -0.1) is 0 Å². The summed E-state index contributed by atoms with van der Waals surface area (Å²) in [7, 11) is -4.00. The molecule has 16 heavy (non-hydrogen) atoms. The molecule has 1 atom stereocenters. The standard InChI is InChI=1S/C10H20F2NO2P/c1-8(2)15-16(14,10(11)12)13-9-6-4-3-5-7-9/h8-10H,3-7H2,1-2H3,(H,13,14). The van der Waals surface area contributed by atoms with E-state index in [1.54, 1.807) is 13.8 Å². The van der Waals surface area contributed by atoms with Crippen molar-refractivity contribution in [1.82, 2.24) is 5.09 Å². The molecule has 0 aliphatic heterocycles. The minimum absolute atomic E-state index is 0.0904. The predicted octanol–water partition coefficient (Wildman–Crippen LogP) is 3.75. The first-order chi connectivity index (χ1) is 7.44. The molecular formula is C10H20F2NO2P. The highest BCUT2D eigenvalue weighted by molar-refractivity contribution is 7.57. The summed E-state index contributed by atoms with van der Waals surface area (Å²) < 4.78 is 42.3. The summed E-state index contributed by atoms with van der Waals surface area (Å²) in [5.74, 6) is 0. The van der Waals surface area contributed by atoms with Crippen molar-refractivity contribution in [3.8, 4) is 0 Å². The molecule has 0 aromatic carbocycles. The van der Waals surface area contributed by atoms with Gasteiger partial charge in [0.25, 0.3) is 0 Å². The van der Waals surface area contributed by atoms with Crippen LogP contribution in [0.3, 0.4) is 0 Å². The Morgan fingerprint density at radius 3 is 2.25 bits per heavy atom. The molecule has 1 rings (SSSR count). The summed E-state index contributed by atoms with van der Waals surface area (Å²) in [6.45, 7) is 3.22. The molecule has 0 amide bonds. The van der Waals surface area contributed by atoms with E-state index in [1.807, 2.05) is 0 Å². The lowest BCUT2D eigenvalue weighted by Gasteiger charge is -2.28. The van der Waals surface area contributed by atoms with Gasteiger partial charge >= 0.3 is 13.7 Å². The number of hydrogen-bond acceptors (Lipinski definition) is 2. The molecule has 0 spiro atoms. The molecule has 0 heterocycles. The maximum absolute atomic E-state index is 12.7. The second-order valence-electron chi connectivity index (χ2n) is 4.49. The highest BCUT2D eigenvalue weighted by Crippen LogP contribution is 2.51. The van der Waals surface area contributed by atoms with Crippen molar-refractivity contribution in [3.05, 3.63) is 0 Å². The first-order valence-corrected chi connectivity index (χ1v) is 7.47. The molecule has 1 aliphatic carbocycles. The Bertz CT molecular complexity index is 255. The van der Waals surface area contributed by atoms with E-state index < -0.39 is 19.8 Å². The Morgan fingerprint density at radius 2 is 1.81 bits per heavy atom. The molecule has 96 valence electrons. The van der Waals surface area contributed by atoms with Crippen LogP contribution < -0.4 is 5.09 Å². The number of rotatable bonds is 5. The van der Waals surface area contributed by atoms with Crippen molar-refractivity contribution in [3.63, 3.8) is 0 Å². The Morgan fingerprint density at radius 1 is 1.25 bits per heavy atom. The van der Waals surface area contributed by atoms with E-state index in [4.69, 9.17) is 4.52 Å². The van der Waals surface area contributed by atoms with Gasteiger partial charge in [-0.25, -0.2) is 5.09 Å². The highest BCUT2D eigenvalue weighted by atomic mass is 31.2. The van der Waals surface area contributed by atoms with E-state index in [-0.39, 0.29) is 6.04 Å². The van der Waals surface area contributed by atoms with E-state index in [9.17, 15) is 13.3 Å². The monoisotopic (exact) mass is 255 g/mol. The zero-order valence-corrected chi connectivity index (χ0v) is 10.7. The predicted molar refractivity (Wildman–Crippen MR) is 59.8 cm³/mol. The van der Waals surface area contributed by atoms with E-state index in [0.717, 1.165) is 32.1 Å². The van der Waals surface area contributed by atoms with Crippen molar-refractivity contribution in [1.29, 1.82) is 0 Å². The topological polar surface area (TPSA) is 38.3 Å². The first-order valence-electron chi connectivity index (χ1n) is 5.78. The van der Waals surface area contributed by atoms with Crippen LogP contribution in [0.1, 0.15) is 46.0 Å². The minimum atomic E-state index is -4.00. The van der Waals surface area contributed by atoms with Crippen molar-refractivity contribution < 1.29 is 17.9 Å². The van der Waals surface area contributed by atoms with Crippen LogP contribution in [-0.2, 0) is 9.09 Å². The molecular weight excluding hydrogens is 235 g/mol. The average molecular weight is 255 g/mol. The second-order valence-corrected chi connectivity index (χ2v) is 6.55. The quantitative estimate of drug-likeness (QED) is 0.760. The van der Waals surface area contributed by atoms with Gasteiger partial charge in [0.2, 0.25) is 0 Å². The third-order valence-corrected chi connectivity index (χ3v) is 4.57. The lowest BCUT2D eigenvalue weighted by atomic mass is 9.96. The minimum Gasteiger partial charge on any atom is -0.311 e. The highest BCUT2D eigenvalue weighted by Gasteiger charge is 2.38. The van der Waals surface area contributed by atoms with Crippen LogP contribution in [0.15, 0.2) is 0 Å². The van der Waals surface area contributed by atoms with Crippen LogP contribution in [0.5, 0.6) is 0 Å². The van der Waals surface area contributed by atoms with Gasteiger partial charge in [0.1, 0.15) is 0 Å². The lowest BCUT2D eigenvalue weighted by Crippen LogP contribution is -2.32. The number of halogens is 2. The molecule has 1 unspecified atom stereocenters. The SMILES string of the molecule is CC(C)OP(=O)(NC1CCCCC1)C(F)F. The molecule has 0 saturated heterocycles. The second kappa shape index (κ2) is 6.08. The van der Waals surface area contributed by atoms with E-state index in [2.05, 4.69) is 5.09 Å². The summed E-state index contributed by atoms with van der Waals surface area (Å²) >= 11 is 0. The summed E-state index contributed by atoms with van der Waals surface area (Å²) in [6.07, 6.45) is 1.33. The molecule has 0 radical (unpaired) electrons. The van der Waals surface area contributed by atoms with Crippen LogP contribution in [0.2, 0.25) is 0 Å². The van der Waals surface area contributed by atoms with Crippen LogP contribution in [0.25, 0.3) is 0 Å². The van der Waals surface area contributed by atoms with Crippen molar-refractivity contribution in [2.45, 2.75) is 64.3 Å². The lowest BCUT2D eigenvalue weighted by molar-refractivity contribution is 0.159. The van der Waals surface area contributed by atoms with Gasteiger partial charge < -0.3 is 4.52 Å². The van der Waals surface area contributed by atoms with Crippen molar-refractivity contribution in [2.24, 2.45) is 0 Å². The smallest absolute Gasteiger partial charge is 0.311 e. The van der Waals surface area contributed by atoms with Crippen LogP contribution in [-0.4, -0.2) is 18.3 Å². The fourth-order valence-electron chi connectivity index (χ4n) is 1.93. The van der Waals surface area contributed by atoms with E-state index in [0.29, 0.717) is 0 Å². The molecule has 0 aromatic heterocycles. The molecule has 1 saturated carbocycles. The summed E-state index contributed by atoms with van der Waals surface area (Å²) in [5.41, 5.74) is 0. The van der Waals surface area contributed by atoms with Gasteiger partial charge in [0.05, 0.1) is 6.10 Å². The third kappa shape index (κ3) is 4.11. The maximum atomic E-state index is 12.7. The molecule has 0 bridgehead atoms. The van der Waals surface area contributed by atoms with Gasteiger partial charge in [-0.1, -0.05) is 19.3 Å². The van der Waals surface area contributed by atoms with E-state index >= 15 is 0 Å². The van der Waals surface area contributed by atoms with Crippen LogP contribution >= 0.6 is 7.52 Å². The fourth-order valence-corrected chi connectivity index (χ4v) is 3.59. The molecule has 1 fully saturated rings. The molecule has 1 aliphatic rings. The Balaban J connectivity index is 2.59. The van der Waals surface area contributed by atoms with Gasteiger partial charge in [0, 0.05) is 6.04 Å². The van der Waals surface area contributed by atoms with Crippen LogP contribution in [0, 0.1) is 0 Å². The Kier molecular flexibility index (Phi) is 5.35. The summed E-state index contributed by atoms with van der Waals surface area (Å²) in [6, 6.07) is -0.0904. The van der Waals surface area contributed by atoms with E-state index in [1.165, 1.54) is 0 Å². The van der Waals surface area contributed by atoms with Crippen molar-refractivity contribution in [2.75, 3.05) is 0 Å². The van der Waals surface area contributed by atoms with Gasteiger partial charge in [-0.3, -0.25) is 4.57 Å². The Hall–Kier alpha value is 0.01000. The number of nitrogens with one attached hydrogen (secondary N) is 1. The number of alkyl halides is 2. The number of hydrogen-bond donors (Lipinski definition) is 1. The zero-order chi connectivity index (χ0) is 12.2. The zero-order valence-electron chi connectivity index (χ0n) is 9.79. The van der Waals surface area contributed by atoms with Crippen molar-refractivity contribution >= 4 is 7.52 Å². The van der Waals surface area contributed by atoms with Crippen LogP contribution in [0.4, 0.5) is 8.78 Å². The molecule has 6 heteroatoms. The fraction of sp³-hybridized carbons (Fsp3) is 1.00. The van der Waals surface area contributed by atoms with Gasteiger partial charge in [0.15, 0.2) is 0 Å². The van der Waals surface area contributed by atoms with Gasteiger partial charge in [-0.2, -0.15) is 8.78 Å². The maximum Gasteiger partial charge on any atom is 0.335 e. The van der Waals surface area contributed by atoms with Gasteiger partial charge in [-0.05, 0) is 26.7 Å². The molecule has 1 N–H and O–H groups in total. The first kappa shape index (κ1) is 14.1.